The maximum Gasteiger partial charge on any atom is 0.410 e. The number of hydrogen-bond acceptors (Lipinski definition) is 6. The van der Waals surface area contributed by atoms with Crippen molar-refractivity contribution in [3.8, 4) is 5.88 Å². The molecule has 0 saturated carbocycles. The molecule has 11 heteroatoms. The van der Waals surface area contributed by atoms with Crippen LogP contribution in [0.4, 0.5) is 9.18 Å². The number of rotatable bonds is 4. The Hall–Kier alpha value is -2.17. The molecule has 2 aliphatic rings. The Balaban J connectivity index is 1.49. The third kappa shape index (κ3) is 5.25. The molecule has 0 unspecified atom stereocenters. The van der Waals surface area contributed by atoms with Gasteiger partial charge in [-0.05, 0) is 82.0 Å². The van der Waals surface area contributed by atoms with Crippen LogP contribution < -0.4 is 4.74 Å². The number of pyridine rings is 1. The molecule has 5 rings (SSSR count). The molecule has 0 radical (unpaired) electrons. The van der Waals surface area contributed by atoms with Gasteiger partial charge in [0.05, 0.1) is 21.3 Å². The molecule has 1 amide bonds. The molecule has 0 N–H and O–H groups in total. The van der Waals surface area contributed by atoms with Crippen molar-refractivity contribution < 1.29 is 18.7 Å². The first-order valence-electron chi connectivity index (χ1n) is 12.7. The van der Waals surface area contributed by atoms with Gasteiger partial charge in [-0.3, -0.25) is 0 Å². The highest BCUT2D eigenvalue weighted by atomic mass is 79.9. The van der Waals surface area contributed by atoms with Crippen LogP contribution in [-0.2, 0) is 4.74 Å². The highest BCUT2D eigenvalue weighted by molar-refractivity contribution is 9.10. The smallest absolute Gasteiger partial charge is 0.410 e. The van der Waals surface area contributed by atoms with Crippen molar-refractivity contribution in [3.05, 3.63) is 27.7 Å². The van der Waals surface area contributed by atoms with E-state index in [1.165, 1.54) is 0 Å². The van der Waals surface area contributed by atoms with Crippen LogP contribution in [0.1, 0.15) is 52.5 Å². The Morgan fingerprint density at radius 1 is 1.22 bits per heavy atom. The summed E-state index contributed by atoms with van der Waals surface area (Å²) >= 11 is 9.62. The van der Waals surface area contributed by atoms with E-state index in [0.29, 0.717) is 49.3 Å². The second kappa shape index (κ2) is 10.2. The fourth-order valence-corrected chi connectivity index (χ4v) is 5.70. The third-order valence-corrected chi connectivity index (χ3v) is 8.50. The number of likely N-dealkylation sites (N-methyl/N-ethyl adjacent to an activating group) is 1. The summed E-state index contributed by atoms with van der Waals surface area (Å²) in [7, 11) is 2.08. The number of imidazole rings is 1. The van der Waals surface area contributed by atoms with Crippen molar-refractivity contribution in [3.63, 3.8) is 0 Å². The van der Waals surface area contributed by atoms with Gasteiger partial charge in [-0.2, -0.15) is 0 Å². The summed E-state index contributed by atoms with van der Waals surface area (Å²) in [6.45, 7) is 8.19. The normalized spacial score (nSPS) is 19.8. The average molecular weight is 597 g/mol. The first-order valence-corrected chi connectivity index (χ1v) is 13.9. The number of piperidine rings is 1. The van der Waals surface area contributed by atoms with Gasteiger partial charge in [-0.15, -0.1) is 0 Å². The second-order valence-electron chi connectivity index (χ2n) is 10.9. The number of ether oxygens (including phenoxy) is 2. The van der Waals surface area contributed by atoms with E-state index < -0.39 is 11.4 Å². The number of likely N-dealkylation sites (tertiary alicyclic amines) is 2. The maximum atomic E-state index is 15.4. The van der Waals surface area contributed by atoms with E-state index >= 15 is 4.39 Å². The topological polar surface area (TPSA) is 72.7 Å². The highest BCUT2D eigenvalue weighted by Gasteiger charge is 2.30. The summed E-state index contributed by atoms with van der Waals surface area (Å²) in [4.78, 5) is 25.8. The summed E-state index contributed by atoms with van der Waals surface area (Å²) in [6, 6.07) is 2.07. The number of halogens is 3. The van der Waals surface area contributed by atoms with Gasteiger partial charge in [-0.1, -0.05) is 11.6 Å². The van der Waals surface area contributed by atoms with Crippen LogP contribution in [0, 0.1) is 5.82 Å². The SMILES string of the molecule is CN1CCC[C@H]1COc1nc2c(F)c(Br)c(Cl)cc2c2c1ncn2C1CCN(C(=O)OC(C)(C)C)CC1. The van der Waals surface area contributed by atoms with Crippen LogP contribution in [-0.4, -0.2) is 75.4 Å². The summed E-state index contributed by atoms with van der Waals surface area (Å²) in [6.07, 6.45) is 5.06. The van der Waals surface area contributed by atoms with Crippen molar-refractivity contribution >= 4 is 55.6 Å². The van der Waals surface area contributed by atoms with Crippen LogP contribution in [0.25, 0.3) is 21.9 Å². The second-order valence-corrected chi connectivity index (χ2v) is 12.1. The van der Waals surface area contributed by atoms with Gasteiger partial charge < -0.3 is 23.8 Å². The van der Waals surface area contributed by atoms with E-state index in [-0.39, 0.29) is 33.2 Å². The van der Waals surface area contributed by atoms with Crippen molar-refractivity contribution in [1.82, 2.24) is 24.3 Å². The molecule has 2 aliphatic heterocycles. The minimum atomic E-state index is -0.540. The van der Waals surface area contributed by atoms with E-state index in [9.17, 15) is 4.79 Å². The van der Waals surface area contributed by atoms with Crippen LogP contribution in [0.5, 0.6) is 5.88 Å². The third-order valence-electron chi connectivity index (χ3n) is 7.19. The number of fused-ring (bicyclic) bond motifs is 3. The highest BCUT2D eigenvalue weighted by Crippen LogP contribution is 2.39. The van der Waals surface area contributed by atoms with Crippen LogP contribution in [0.3, 0.4) is 0 Å². The van der Waals surface area contributed by atoms with Gasteiger partial charge in [0.15, 0.2) is 11.3 Å². The first-order chi connectivity index (χ1) is 17.5. The van der Waals surface area contributed by atoms with E-state index in [2.05, 4.69) is 42.4 Å². The van der Waals surface area contributed by atoms with E-state index in [1.807, 2.05) is 20.8 Å². The minimum absolute atomic E-state index is 0.0635. The molecule has 1 aromatic carbocycles. The zero-order valence-electron chi connectivity index (χ0n) is 21.6. The molecule has 4 heterocycles. The monoisotopic (exact) mass is 595 g/mol. The Morgan fingerprint density at radius 2 is 1.95 bits per heavy atom. The number of nitrogens with zero attached hydrogens (tertiary/aromatic N) is 5. The number of carbonyl (C=O) groups is 1. The van der Waals surface area contributed by atoms with E-state index in [0.717, 1.165) is 24.9 Å². The summed E-state index contributed by atoms with van der Waals surface area (Å²) in [5.74, 6) is -0.208. The molecular formula is C26H32BrClFN5O3. The summed E-state index contributed by atoms with van der Waals surface area (Å²) < 4.78 is 29.3. The lowest BCUT2D eigenvalue weighted by atomic mass is 10.0. The average Bonchev–Trinajstić information content (AvgIpc) is 3.47. The van der Waals surface area contributed by atoms with Crippen molar-refractivity contribution in [2.24, 2.45) is 0 Å². The molecule has 8 nitrogen and oxygen atoms in total. The van der Waals surface area contributed by atoms with Gasteiger partial charge in [0.1, 0.15) is 17.7 Å². The fourth-order valence-electron chi connectivity index (χ4n) is 5.21. The number of amides is 1. The van der Waals surface area contributed by atoms with E-state index in [1.54, 1.807) is 17.3 Å². The van der Waals surface area contributed by atoms with Gasteiger partial charge >= 0.3 is 6.09 Å². The molecule has 2 saturated heterocycles. The lowest BCUT2D eigenvalue weighted by molar-refractivity contribution is 0.0189. The van der Waals surface area contributed by atoms with Crippen LogP contribution in [0.15, 0.2) is 16.9 Å². The molecule has 0 aliphatic carbocycles. The summed E-state index contributed by atoms with van der Waals surface area (Å²) in [5.41, 5.74) is 0.970. The maximum absolute atomic E-state index is 15.4. The van der Waals surface area contributed by atoms with E-state index in [4.69, 9.17) is 21.1 Å². The molecular weight excluding hydrogens is 565 g/mol. The predicted octanol–water partition coefficient (Wildman–Crippen LogP) is 6.18. The molecule has 2 aromatic heterocycles. The van der Waals surface area contributed by atoms with Gasteiger partial charge in [0.2, 0.25) is 5.88 Å². The fraction of sp³-hybridized carbons (Fsp3) is 0.577. The molecule has 1 atom stereocenters. The predicted molar refractivity (Wildman–Crippen MR) is 145 cm³/mol. The van der Waals surface area contributed by atoms with Gasteiger partial charge in [0, 0.05) is 30.6 Å². The Morgan fingerprint density at radius 3 is 2.59 bits per heavy atom. The van der Waals surface area contributed by atoms with Crippen molar-refractivity contribution in [2.75, 3.05) is 33.3 Å². The van der Waals surface area contributed by atoms with Crippen LogP contribution in [0.2, 0.25) is 5.02 Å². The van der Waals surface area contributed by atoms with Crippen molar-refractivity contribution in [1.29, 1.82) is 0 Å². The molecule has 3 aromatic rings. The quantitative estimate of drug-likeness (QED) is 0.335. The Labute approximate surface area is 229 Å². The van der Waals surface area contributed by atoms with Crippen LogP contribution >= 0.6 is 27.5 Å². The largest absolute Gasteiger partial charge is 0.474 e. The first kappa shape index (κ1) is 26.4. The molecule has 200 valence electrons. The number of aromatic nitrogens is 3. The molecule has 0 spiro atoms. The molecule has 2 fully saturated rings. The standard InChI is InChI=1S/C26H32BrClFN5O3/c1-26(2,3)37-25(35)33-10-7-15(8-11-33)34-14-30-22-23(34)17-12-18(28)19(27)20(29)21(17)31-24(22)36-13-16-6-5-9-32(16)4/h12,14-16H,5-11,13H2,1-4H3/t16-/m0/s1. The molecule has 0 bridgehead atoms. The lowest BCUT2D eigenvalue weighted by Gasteiger charge is -2.34. The van der Waals surface area contributed by atoms with Gasteiger partial charge in [0.25, 0.3) is 0 Å². The Kier molecular flexibility index (Phi) is 7.28. The zero-order chi connectivity index (χ0) is 26.5. The summed E-state index contributed by atoms with van der Waals surface area (Å²) in [5, 5.41) is 0.847. The number of hydrogen-bond donors (Lipinski definition) is 0. The lowest BCUT2D eigenvalue weighted by Crippen LogP contribution is -2.42. The zero-order valence-corrected chi connectivity index (χ0v) is 23.9. The van der Waals surface area contributed by atoms with Gasteiger partial charge in [-0.25, -0.2) is 19.2 Å². The minimum Gasteiger partial charge on any atom is -0.474 e. The molecule has 37 heavy (non-hydrogen) atoms. The Bertz CT molecular complexity index is 1340. The van der Waals surface area contributed by atoms with Crippen molar-refractivity contribution in [2.45, 2.75) is 64.1 Å². The number of carbonyl (C=O) groups excluding carboxylic acids is 1. The number of benzene rings is 1.